The van der Waals surface area contributed by atoms with E-state index in [-0.39, 0.29) is 30.8 Å². The Balaban J connectivity index is 1.20. The Morgan fingerprint density at radius 1 is 1.06 bits per heavy atom. The number of pyridine rings is 1. The summed E-state index contributed by atoms with van der Waals surface area (Å²) < 4.78 is 0. The zero-order chi connectivity index (χ0) is 22.9. The molecule has 33 heavy (non-hydrogen) atoms. The van der Waals surface area contributed by atoms with Crippen LogP contribution in [-0.2, 0) is 35.5 Å². The summed E-state index contributed by atoms with van der Waals surface area (Å²) in [7, 11) is 0. The standard InChI is InChI=1S/C24H25N5O4/c30-21-8-7-19(22(31)28-21)29-13-17-6-5-14(9-18(17)23(29)32)11-26-24(33)27-20-10-15-3-1-2-4-16(15)12-25-20/h5-6,9-10,12,19H,1-4,7-8,11,13H2,(H,28,30,31)(H2,25,26,27,33). The first kappa shape index (κ1) is 21.1. The van der Waals surface area contributed by atoms with Crippen molar-refractivity contribution in [1.29, 1.82) is 0 Å². The number of anilines is 1. The lowest BCUT2D eigenvalue weighted by molar-refractivity contribution is -0.136. The van der Waals surface area contributed by atoms with Gasteiger partial charge in [-0.05, 0) is 66.5 Å². The summed E-state index contributed by atoms with van der Waals surface area (Å²) in [5, 5.41) is 7.88. The number of aryl methyl sites for hydroxylation is 2. The molecule has 0 spiro atoms. The summed E-state index contributed by atoms with van der Waals surface area (Å²) in [6.45, 7) is 0.578. The largest absolute Gasteiger partial charge is 0.334 e. The van der Waals surface area contributed by atoms with Gasteiger partial charge in [0.15, 0.2) is 0 Å². The summed E-state index contributed by atoms with van der Waals surface area (Å²) in [5.41, 5.74) is 4.62. The van der Waals surface area contributed by atoms with Gasteiger partial charge in [0.05, 0.1) is 0 Å². The fourth-order valence-corrected chi connectivity index (χ4v) is 4.74. The number of nitrogens with zero attached hydrogens (tertiary/aromatic N) is 2. The van der Waals surface area contributed by atoms with Crippen molar-refractivity contribution < 1.29 is 19.2 Å². The van der Waals surface area contributed by atoms with Crippen molar-refractivity contribution in [1.82, 2.24) is 20.5 Å². The van der Waals surface area contributed by atoms with E-state index in [1.807, 2.05) is 24.4 Å². The van der Waals surface area contributed by atoms with Crippen LogP contribution in [0.25, 0.3) is 0 Å². The lowest BCUT2D eigenvalue weighted by atomic mass is 9.93. The van der Waals surface area contributed by atoms with E-state index in [0.717, 1.165) is 30.4 Å². The van der Waals surface area contributed by atoms with Gasteiger partial charge in [0, 0.05) is 31.3 Å². The van der Waals surface area contributed by atoms with Crippen molar-refractivity contribution in [3.05, 3.63) is 58.3 Å². The van der Waals surface area contributed by atoms with Gasteiger partial charge in [-0.25, -0.2) is 9.78 Å². The predicted octanol–water partition coefficient (Wildman–Crippen LogP) is 2.04. The minimum absolute atomic E-state index is 0.222. The highest BCUT2D eigenvalue weighted by Crippen LogP contribution is 2.28. The highest BCUT2D eigenvalue weighted by atomic mass is 16.2. The Hall–Kier alpha value is -3.75. The molecule has 0 radical (unpaired) electrons. The van der Waals surface area contributed by atoms with E-state index in [4.69, 9.17) is 0 Å². The normalized spacial score (nSPS) is 19.6. The van der Waals surface area contributed by atoms with Crippen molar-refractivity contribution in [2.45, 2.75) is 57.7 Å². The molecular formula is C24H25N5O4. The number of imide groups is 1. The van der Waals surface area contributed by atoms with Crippen molar-refractivity contribution >= 4 is 29.6 Å². The Morgan fingerprint density at radius 3 is 2.70 bits per heavy atom. The third-order valence-corrected chi connectivity index (χ3v) is 6.51. The number of rotatable bonds is 4. The molecule has 0 bridgehead atoms. The van der Waals surface area contributed by atoms with Crippen molar-refractivity contribution in [2.24, 2.45) is 0 Å². The maximum Gasteiger partial charge on any atom is 0.320 e. The molecule has 3 heterocycles. The van der Waals surface area contributed by atoms with Gasteiger partial charge >= 0.3 is 6.03 Å². The van der Waals surface area contributed by atoms with Gasteiger partial charge in [-0.3, -0.25) is 25.0 Å². The van der Waals surface area contributed by atoms with E-state index in [2.05, 4.69) is 20.9 Å². The molecule has 9 nitrogen and oxygen atoms in total. The summed E-state index contributed by atoms with van der Waals surface area (Å²) in [4.78, 5) is 54.7. The lowest BCUT2D eigenvalue weighted by Gasteiger charge is -2.29. The van der Waals surface area contributed by atoms with Crippen LogP contribution < -0.4 is 16.0 Å². The molecule has 1 aliphatic carbocycles. The number of benzene rings is 1. The minimum atomic E-state index is -0.640. The van der Waals surface area contributed by atoms with Crippen LogP contribution in [0.3, 0.4) is 0 Å². The van der Waals surface area contributed by atoms with Crippen molar-refractivity contribution in [3.8, 4) is 0 Å². The van der Waals surface area contributed by atoms with Crippen LogP contribution in [0.15, 0.2) is 30.5 Å². The molecule has 1 aromatic carbocycles. The van der Waals surface area contributed by atoms with Gasteiger partial charge in [0.2, 0.25) is 11.8 Å². The van der Waals surface area contributed by atoms with E-state index in [9.17, 15) is 19.2 Å². The molecule has 1 saturated heterocycles. The van der Waals surface area contributed by atoms with Crippen LogP contribution in [0.4, 0.5) is 10.6 Å². The van der Waals surface area contributed by atoms with Crippen molar-refractivity contribution in [2.75, 3.05) is 5.32 Å². The molecule has 0 saturated carbocycles. The van der Waals surface area contributed by atoms with Gasteiger partial charge in [0.25, 0.3) is 5.91 Å². The summed E-state index contributed by atoms with van der Waals surface area (Å²) >= 11 is 0. The topological polar surface area (TPSA) is 120 Å². The Labute approximate surface area is 190 Å². The highest BCUT2D eigenvalue weighted by molar-refractivity contribution is 6.05. The number of carbonyl (C=O) groups excluding carboxylic acids is 4. The number of nitrogens with one attached hydrogen (secondary N) is 3. The molecule has 5 amide bonds. The van der Waals surface area contributed by atoms with Crippen LogP contribution in [-0.4, -0.2) is 39.7 Å². The third-order valence-electron chi connectivity index (χ3n) is 6.51. The second kappa shape index (κ2) is 8.65. The van der Waals surface area contributed by atoms with Crippen LogP contribution in [0, 0.1) is 0 Å². The fraction of sp³-hybridized carbons (Fsp3) is 0.375. The molecule has 2 aromatic rings. The highest BCUT2D eigenvalue weighted by Gasteiger charge is 2.39. The zero-order valence-electron chi connectivity index (χ0n) is 18.1. The second-order valence-corrected chi connectivity index (χ2v) is 8.74. The van der Waals surface area contributed by atoms with E-state index < -0.39 is 11.9 Å². The van der Waals surface area contributed by atoms with Crippen LogP contribution in [0.5, 0.6) is 0 Å². The minimum Gasteiger partial charge on any atom is -0.334 e. The van der Waals surface area contributed by atoms with Gasteiger partial charge in [-0.15, -0.1) is 0 Å². The number of hydrogen-bond acceptors (Lipinski definition) is 5. The Morgan fingerprint density at radius 2 is 1.88 bits per heavy atom. The lowest BCUT2D eigenvalue weighted by Crippen LogP contribution is -2.52. The molecule has 3 aliphatic rings. The molecule has 1 fully saturated rings. The van der Waals surface area contributed by atoms with Gasteiger partial charge in [-0.2, -0.15) is 0 Å². The number of piperidine rings is 1. The number of fused-ring (bicyclic) bond motifs is 2. The molecular weight excluding hydrogens is 422 g/mol. The van der Waals surface area contributed by atoms with Crippen LogP contribution in [0.1, 0.15) is 58.3 Å². The molecule has 9 heteroatoms. The molecule has 1 atom stereocenters. The Kier molecular flexibility index (Phi) is 5.53. The van der Waals surface area contributed by atoms with E-state index in [0.29, 0.717) is 24.3 Å². The average molecular weight is 447 g/mol. The van der Waals surface area contributed by atoms with Crippen LogP contribution in [0.2, 0.25) is 0 Å². The quantitative estimate of drug-likeness (QED) is 0.620. The molecule has 1 aromatic heterocycles. The number of amides is 5. The predicted molar refractivity (Wildman–Crippen MR) is 119 cm³/mol. The number of urea groups is 1. The zero-order valence-corrected chi connectivity index (χ0v) is 18.1. The smallest absolute Gasteiger partial charge is 0.320 e. The first-order valence-corrected chi connectivity index (χ1v) is 11.3. The molecule has 1 unspecified atom stereocenters. The SMILES string of the molecule is O=C1CCC(N2Cc3ccc(CNC(=O)Nc4cc5c(cn4)CCCC5)cc3C2=O)C(=O)N1. The third kappa shape index (κ3) is 4.30. The Bertz CT molecular complexity index is 1160. The molecule has 5 rings (SSSR count). The maximum absolute atomic E-state index is 12.9. The number of carbonyl (C=O) groups is 4. The van der Waals surface area contributed by atoms with Gasteiger partial charge in [0.1, 0.15) is 11.9 Å². The molecule has 170 valence electrons. The van der Waals surface area contributed by atoms with Crippen molar-refractivity contribution in [3.63, 3.8) is 0 Å². The first-order chi connectivity index (χ1) is 16.0. The second-order valence-electron chi connectivity index (χ2n) is 8.74. The molecule has 2 aliphatic heterocycles. The van der Waals surface area contributed by atoms with Gasteiger partial charge < -0.3 is 10.2 Å². The van der Waals surface area contributed by atoms with Crippen LogP contribution >= 0.6 is 0 Å². The maximum atomic E-state index is 12.9. The number of hydrogen-bond donors (Lipinski definition) is 3. The summed E-state index contributed by atoms with van der Waals surface area (Å²) in [6, 6.07) is 6.39. The first-order valence-electron chi connectivity index (χ1n) is 11.3. The van der Waals surface area contributed by atoms with Gasteiger partial charge in [-0.1, -0.05) is 12.1 Å². The number of aromatic nitrogens is 1. The molecule has 3 N–H and O–H groups in total. The average Bonchev–Trinajstić information content (AvgIpc) is 3.13. The fourth-order valence-electron chi connectivity index (χ4n) is 4.74. The van der Waals surface area contributed by atoms with E-state index in [1.54, 1.807) is 6.07 Å². The van der Waals surface area contributed by atoms with E-state index >= 15 is 0 Å². The summed E-state index contributed by atoms with van der Waals surface area (Å²) in [5.74, 6) is -0.444. The summed E-state index contributed by atoms with van der Waals surface area (Å²) in [6.07, 6.45) is 6.76. The van der Waals surface area contributed by atoms with E-state index in [1.165, 1.54) is 22.4 Å². The monoisotopic (exact) mass is 447 g/mol.